The quantitative estimate of drug-likeness (QED) is 0.223. The first-order valence-corrected chi connectivity index (χ1v) is 11.2. The van der Waals surface area contributed by atoms with Crippen molar-refractivity contribution >= 4 is 12.1 Å². The highest BCUT2D eigenvalue weighted by atomic mass is 16.6. The third-order valence-corrected chi connectivity index (χ3v) is 5.28. The van der Waals surface area contributed by atoms with E-state index in [1.54, 1.807) is 0 Å². The molecule has 0 radical (unpaired) electrons. The van der Waals surface area contributed by atoms with Crippen molar-refractivity contribution in [2.45, 2.75) is 103 Å². The number of likely N-dealkylation sites (tertiary alicyclic amines) is 1. The van der Waals surface area contributed by atoms with Crippen molar-refractivity contribution in [2.75, 3.05) is 19.8 Å². The van der Waals surface area contributed by atoms with Crippen LogP contribution >= 0.6 is 0 Å². The van der Waals surface area contributed by atoms with Gasteiger partial charge in [-0.3, -0.25) is 4.90 Å². The summed E-state index contributed by atoms with van der Waals surface area (Å²) in [7, 11) is 0. The molecule has 0 saturated carbocycles. The van der Waals surface area contributed by atoms with Crippen molar-refractivity contribution in [1.82, 2.24) is 4.90 Å². The predicted octanol–water partition coefficient (Wildman–Crippen LogP) is 5.46. The molecule has 28 heavy (non-hydrogen) atoms. The first-order chi connectivity index (χ1) is 13.7. The Morgan fingerprint density at radius 2 is 1.54 bits per heavy atom. The van der Waals surface area contributed by atoms with Crippen LogP contribution in [0.1, 0.15) is 96.8 Å². The molecule has 0 aromatic carbocycles. The molecule has 0 aromatic heterocycles. The van der Waals surface area contributed by atoms with Crippen LogP contribution in [0.4, 0.5) is 4.79 Å². The van der Waals surface area contributed by atoms with E-state index in [2.05, 4.69) is 12.8 Å². The lowest BCUT2D eigenvalue weighted by molar-refractivity contribution is -0.150. The van der Waals surface area contributed by atoms with Gasteiger partial charge in [-0.25, -0.2) is 9.59 Å². The van der Waals surface area contributed by atoms with Crippen LogP contribution in [0.2, 0.25) is 0 Å². The number of terminal acetylenes is 1. The van der Waals surface area contributed by atoms with Crippen LogP contribution in [-0.4, -0.2) is 42.8 Å². The van der Waals surface area contributed by atoms with Gasteiger partial charge in [0.15, 0.2) is 6.61 Å². The van der Waals surface area contributed by atoms with Crippen LogP contribution in [0.25, 0.3) is 0 Å². The van der Waals surface area contributed by atoms with Gasteiger partial charge in [0.25, 0.3) is 0 Å². The average Bonchev–Trinajstić information content (AvgIpc) is 2.72. The van der Waals surface area contributed by atoms with Gasteiger partial charge < -0.3 is 9.47 Å². The second kappa shape index (κ2) is 16.3. The highest BCUT2D eigenvalue weighted by Crippen LogP contribution is 2.19. The number of piperidine rings is 1. The fourth-order valence-electron chi connectivity index (χ4n) is 3.62. The second-order valence-electron chi connectivity index (χ2n) is 7.67. The van der Waals surface area contributed by atoms with Crippen LogP contribution in [0.3, 0.4) is 0 Å². The molecule has 1 atom stereocenters. The summed E-state index contributed by atoms with van der Waals surface area (Å²) in [6.45, 7) is 3.12. The van der Waals surface area contributed by atoms with Crippen LogP contribution < -0.4 is 0 Å². The monoisotopic (exact) mass is 393 g/mol. The normalized spacial score (nSPS) is 16.4. The summed E-state index contributed by atoms with van der Waals surface area (Å²) in [5.74, 6) is 1.96. The van der Waals surface area contributed by atoms with Crippen LogP contribution in [0.5, 0.6) is 0 Å². The van der Waals surface area contributed by atoms with Gasteiger partial charge in [-0.2, -0.15) is 0 Å². The SMILES string of the molecule is C#CCOC(=O)N1CCCCC1C(=O)OCCCCCCCCCCCCC. The molecule has 5 nitrogen and oxygen atoms in total. The second-order valence-corrected chi connectivity index (χ2v) is 7.67. The molecule has 1 aliphatic heterocycles. The molecule has 0 aliphatic carbocycles. The molecule has 1 saturated heterocycles. The molecular weight excluding hydrogens is 354 g/mol. The molecule has 1 aliphatic rings. The lowest BCUT2D eigenvalue weighted by Gasteiger charge is -2.32. The standard InChI is InChI=1S/C23H39NO4/c1-3-5-6-7-8-9-10-11-12-13-16-20-27-22(25)21-17-14-15-18-24(21)23(26)28-19-4-2/h2,21H,3,5-20H2,1H3. The van der Waals surface area contributed by atoms with Crippen LogP contribution in [0.15, 0.2) is 0 Å². The van der Waals surface area contributed by atoms with E-state index in [9.17, 15) is 9.59 Å². The number of hydrogen-bond acceptors (Lipinski definition) is 4. The molecule has 1 unspecified atom stereocenters. The van der Waals surface area contributed by atoms with E-state index in [1.165, 1.54) is 62.7 Å². The number of unbranched alkanes of at least 4 members (excludes halogenated alkanes) is 10. The number of rotatable bonds is 14. The van der Waals surface area contributed by atoms with Gasteiger partial charge in [0.2, 0.25) is 0 Å². The van der Waals surface area contributed by atoms with Crippen molar-refractivity contribution in [2.24, 2.45) is 0 Å². The van der Waals surface area contributed by atoms with Gasteiger partial charge in [0, 0.05) is 6.54 Å². The molecule has 0 spiro atoms. The maximum atomic E-state index is 12.4. The Balaban J connectivity index is 2.08. The molecule has 1 heterocycles. The number of amides is 1. The minimum atomic E-state index is -0.535. The van der Waals surface area contributed by atoms with E-state index in [0.29, 0.717) is 19.6 Å². The summed E-state index contributed by atoms with van der Waals surface area (Å²) in [4.78, 5) is 25.9. The molecule has 1 rings (SSSR count). The Morgan fingerprint density at radius 3 is 2.14 bits per heavy atom. The zero-order valence-corrected chi connectivity index (χ0v) is 17.8. The zero-order valence-electron chi connectivity index (χ0n) is 17.8. The molecule has 0 N–H and O–H groups in total. The zero-order chi connectivity index (χ0) is 20.5. The van der Waals surface area contributed by atoms with Crippen molar-refractivity contribution < 1.29 is 19.1 Å². The van der Waals surface area contributed by atoms with Crippen LogP contribution in [0, 0.1) is 12.3 Å². The summed E-state index contributed by atoms with van der Waals surface area (Å²) < 4.78 is 10.4. The third-order valence-electron chi connectivity index (χ3n) is 5.28. The van der Waals surface area contributed by atoms with Crippen molar-refractivity contribution in [1.29, 1.82) is 0 Å². The van der Waals surface area contributed by atoms with E-state index < -0.39 is 12.1 Å². The van der Waals surface area contributed by atoms with Gasteiger partial charge >= 0.3 is 12.1 Å². The van der Waals surface area contributed by atoms with Gasteiger partial charge in [0.05, 0.1) is 6.61 Å². The summed E-state index contributed by atoms with van der Waals surface area (Å²) >= 11 is 0. The Labute approximate surface area is 171 Å². The minimum Gasteiger partial charge on any atom is -0.464 e. The predicted molar refractivity (Wildman–Crippen MR) is 112 cm³/mol. The van der Waals surface area contributed by atoms with E-state index >= 15 is 0 Å². The molecular formula is C23H39NO4. The highest BCUT2D eigenvalue weighted by molar-refractivity contribution is 5.81. The lowest BCUT2D eigenvalue weighted by atomic mass is 10.0. The fraction of sp³-hybridized carbons (Fsp3) is 0.826. The summed E-state index contributed by atoms with van der Waals surface area (Å²) in [5.41, 5.74) is 0. The fourth-order valence-corrected chi connectivity index (χ4v) is 3.62. The Hall–Kier alpha value is -1.70. The average molecular weight is 394 g/mol. The topological polar surface area (TPSA) is 55.8 Å². The number of esters is 1. The number of carbonyl (C=O) groups is 2. The lowest BCUT2D eigenvalue weighted by Crippen LogP contribution is -2.49. The van der Waals surface area contributed by atoms with E-state index in [1.807, 2.05) is 0 Å². The first kappa shape index (κ1) is 24.3. The maximum absolute atomic E-state index is 12.4. The van der Waals surface area contributed by atoms with Gasteiger partial charge in [-0.05, 0) is 25.7 Å². The van der Waals surface area contributed by atoms with Crippen molar-refractivity contribution in [3.05, 3.63) is 0 Å². The number of hydrogen-bond donors (Lipinski definition) is 0. The number of carbonyl (C=O) groups excluding carboxylic acids is 2. The van der Waals surface area contributed by atoms with Gasteiger partial charge in [0.1, 0.15) is 6.04 Å². The van der Waals surface area contributed by atoms with Crippen molar-refractivity contribution in [3.8, 4) is 12.3 Å². The van der Waals surface area contributed by atoms with Crippen molar-refractivity contribution in [3.63, 3.8) is 0 Å². The smallest absolute Gasteiger partial charge is 0.411 e. The molecule has 0 bridgehead atoms. The summed E-state index contributed by atoms with van der Waals surface area (Å²) in [5, 5.41) is 0. The van der Waals surface area contributed by atoms with Gasteiger partial charge in [-0.1, -0.05) is 77.1 Å². The van der Waals surface area contributed by atoms with E-state index in [-0.39, 0.29) is 12.6 Å². The molecule has 1 amide bonds. The Bertz CT molecular complexity index is 472. The molecule has 0 aromatic rings. The maximum Gasteiger partial charge on any atom is 0.411 e. The molecule has 5 heteroatoms. The highest BCUT2D eigenvalue weighted by Gasteiger charge is 2.34. The van der Waals surface area contributed by atoms with Crippen LogP contribution in [-0.2, 0) is 14.3 Å². The van der Waals surface area contributed by atoms with E-state index in [0.717, 1.165) is 25.7 Å². The first-order valence-electron chi connectivity index (χ1n) is 11.2. The summed E-state index contributed by atoms with van der Waals surface area (Å²) in [6, 6.07) is -0.535. The molecule has 1 fully saturated rings. The molecule has 160 valence electrons. The number of ether oxygens (including phenoxy) is 2. The minimum absolute atomic E-state index is 0.0736. The van der Waals surface area contributed by atoms with Gasteiger partial charge in [-0.15, -0.1) is 6.42 Å². The Morgan fingerprint density at radius 1 is 0.929 bits per heavy atom. The third kappa shape index (κ3) is 10.6. The number of nitrogens with zero attached hydrogens (tertiary/aromatic N) is 1. The Kier molecular flexibility index (Phi) is 14.1. The summed E-state index contributed by atoms with van der Waals surface area (Å²) in [6.07, 6.45) is 20.9. The van der Waals surface area contributed by atoms with E-state index in [4.69, 9.17) is 15.9 Å². The largest absolute Gasteiger partial charge is 0.464 e.